The van der Waals surface area contributed by atoms with Crippen LogP contribution in [0.1, 0.15) is 31.7 Å². The van der Waals surface area contributed by atoms with E-state index < -0.39 is 0 Å². The molecule has 1 aromatic rings. The van der Waals surface area contributed by atoms with Gasteiger partial charge in [-0.2, -0.15) is 0 Å². The Labute approximate surface area is 119 Å². The molecule has 0 aliphatic heterocycles. The van der Waals surface area contributed by atoms with Crippen LogP contribution >= 0.6 is 11.6 Å². The van der Waals surface area contributed by atoms with Crippen LogP contribution in [0.3, 0.4) is 0 Å². The molecule has 0 heterocycles. The Kier molecular flexibility index (Phi) is 7.53. The number of benzene rings is 1. The molecule has 4 heteroatoms. The molecule has 0 bridgehead atoms. The lowest BCUT2D eigenvalue weighted by molar-refractivity contribution is -0.148. The summed E-state index contributed by atoms with van der Waals surface area (Å²) in [6.45, 7) is 2.36. The molecule has 0 fully saturated rings. The average molecular weight is 285 g/mol. The molecule has 1 atom stereocenters. The molecule has 3 nitrogen and oxygen atoms in total. The van der Waals surface area contributed by atoms with Crippen molar-refractivity contribution in [2.45, 2.75) is 32.6 Å². The van der Waals surface area contributed by atoms with Gasteiger partial charge in [0.1, 0.15) is 0 Å². The number of unbranched alkanes of at least 4 members (excludes halogenated alkanes) is 1. The zero-order valence-electron chi connectivity index (χ0n) is 11.3. The number of aliphatic hydroxyl groups excluding tert-OH is 1. The van der Waals surface area contributed by atoms with Crippen molar-refractivity contribution in [3.05, 3.63) is 34.9 Å². The second-order valence-corrected chi connectivity index (χ2v) is 4.94. The summed E-state index contributed by atoms with van der Waals surface area (Å²) in [6.07, 6.45) is 2.89. The van der Waals surface area contributed by atoms with Gasteiger partial charge in [-0.15, -0.1) is 0 Å². The maximum absolute atomic E-state index is 11.9. The lowest BCUT2D eigenvalue weighted by atomic mass is 9.94. The Morgan fingerprint density at radius 2 is 2.21 bits per heavy atom. The Balaban J connectivity index is 2.64. The van der Waals surface area contributed by atoms with Gasteiger partial charge in [-0.3, -0.25) is 4.79 Å². The van der Waals surface area contributed by atoms with E-state index in [-0.39, 0.29) is 18.5 Å². The summed E-state index contributed by atoms with van der Waals surface area (Å²) in [5, 5.41) is 9.49. The first-order valence-electron chi connectivity index (χ1n) is 6.69. The maximum Gasteiger partial charge on any atom is 0.309 e. The van der Waals surface area contributed by atoms with Crippen molar-refractivity contribution in [3.63, 3.8) is 0 Å². The van der Waals surface area contributed by atoms with E-state index in [0.29, 0.717) is 24.5 Å². The van der Waals surface area contributed by atoms with Crippen molar-refractivity contribution in [1.82, 2.24) is 0 Å². The van der Waals surface area contributed by atoms with Gasteiger partial charge in [0.25, 0.3) is 0 Å². The fourth-order valence-corrected chi connectivity index (χ4v) is 2.23. The van der Waals surface area contributed by atoms with Crippen LogP contribution in [0.15, 0.2) is 24.3 Å². The fourth-order valence-electron chi connectivity index (χ4n) is 2.01. The maximum atomic E-state index is 11.9. The number of rotatable bonds is 8. The molecule has 0 spiro atoms. The highest BCUT2D eigenvalue weighted by Crippen LogP contribution is 2.19. The number of hydrogen-bond donors (Lipinski definition) is 1. The normalized spacial score (nSPS) is 12.2. The summed E-state index contributed by atoms with van der Waals surface area (Å²) in [5.74, 6) is -0.328. The summed E-state index contributed by atoms with van der Waals surface area (Å²) < 4.78 is 5.10. The lowest BCUT2D eigenvalue weighted by Gasteiger charge is -2.15. The zero-order valence-corrected chi connectivity index (χ0v) is 12.0. The van der Waals surface area contributed by atoms with Crippen LogP contribution in [-0.2, 0) is 16.0 Å². The van der Waals surface area contributed by atoms with Crippen molar-refractivity contribution in [1.29, 1.82) is 0 Å². The minimum atomic E-state index is -0.166. The first-order valence-corrected chi connectivity index (χ1v) is 7.07. The molecule has 0 aliphatic rings. The Hall–Kier alpha value is -1.06. The van der Waals surface area contributed by atoms with Crippen LogP contribution in [0.5, 0.6) is 0 Å². The third kappa shape index (κ3) is 6.08. The topological polar surface area (TPSA) is 46.5 Å². The number of halogens is 1. The first kappa shape index (κ1) is 16.0. The first-order chi connectivity index (χ1) is 9.17. The van der Waals surface area contributed by atoms with E-state index in [9.17, 15) is 4.79 Å². The molecule has 0 saturated heterocycles. The van der Waals surface area contributed by atoms with E-state index in [2.05, 4.69) is 0 Å². The minimum absolute atomic E-state index is 0.159. The molecule has 1 N–H and O–H groups in total. The molecule has 1 aromatic carbocycles. The molecular weight excluding hydrogens is 264 g/mol. The van der Waals surface area contributed by atoms with Gasteiger partial charge in [0, 0.05) is 11.6 Å². The monoisotopic (exact) mass is 284 g/mol. The Morgan fingerprint density at radius 3 is 2.84 bits per heavy atom. The smallest absolute Gasteiger partial charge is 0.309 e. The van der Waals surface area contributed by atoms with Gasteiger partial charge >= 0.3 is 5.97 Å². The summed E-state index contributed by atoms with van der Waals surface area (Å²) in [7, 11) is 0. The number of ether oxygens (including phenoxy) is 1. The number of carbonyl (C=O) groups excluding carboxylic acids is 1. The van der Waals surface area contributed by atoms with E-state index in [0.717, 1.165) is 18.4 Å². The molecule has 0 aromatic heterocycles. The molecule has 1 rings (SSSR count). The lowest BCUT2D eigenvalue weighted by Crippen LogP contribution is -2.20. The van der Waals surface area contributed by atoms with Crippen molar-refractivity contribution in [2.24, 2.45) is 5.92 Å². The van der Waals surface area contributed by atoms with Gasteiger partial charge in [0.15, 0.2) is 0 Å². The quantitative estimate of drug-likeness (QED) is 0.589. The Morgan fingerprint density at radius 1 is 1.42 bits per heavy atom. The van der Waals surface area contributed by atoms with Gasteiger partial charge in [0.2, 0.25) is 0 Å². The van der Waals surface area contributed by atoms with E-state index in [1.807, 2.05) is 31.2 Å². The number of hydrogen-bond acceptors (Lipinski definition) is 3. The molecule has 1 unspecified atom stereocenters. The predicted molar refractivity (Wildman–Crippen MR) is 76.2 cm³/mol. The third-order valence-electron chi connectivity index (χ3n) is 2.95. The molecule has 0 radical (unpaired) electrons. The summed E-state index contributed by atoms with van der Waals surface area (Å²) in [4.78, 5) is 11.9. The number of esters is 1. The summed E-state index contributed by atoms with van der Waals surface area (Å²) >= 11 is 5.95. The van der Waals surface area contributed by atoms with Gasteiger partial charge in [0.05, 0.1) is 12.5 Å². The molecule has 19 heavy (non-hydrogen) atoms. The number of aliphatic hydroxyl groups is 1. The van der Waals surface area contributed by atoms with Gasteiger partial charge < -0.3 is 9.84 Å². The van der Waals surface area contributed by atoms with Gasteiger partial charge in [-0.1, -0.05) is 30.2 Å². The van der Waals surface area contributed by atoms with Crippen LogP contribution in [0.25, 0.3) is 0 Å². The van der Waals surface area contributed by atoms with Crippen LogP contribution in [0, 0.1) is 5.92 Å². The van der Waals surface area contributed by atoms with E-state index >= 15 is 0 Å². The van der Waals surface area contributed by atoms with Crippen molar-refractivity contribution < 1.29 is 14.6 Å². The van der Waals surface area contributed by atoms with Crippen molar-refractivity contribution in [3.8, 4) is 0 Å². The molecule has 0 amide bonds. The highest BCUT2D eigenvalue weighted by Gasteiger charge is 2.19. The van der Waals surface area contributed by atoms with E-state index in [4.69, 9.17) is 21.4 Å². The third-order valence-corrected chi connectivity index (χ3v) is 3.19. The summed E-state index contributed by atoms with van der Waals surface area (Å²) in [6, 6.07) is 7.54. The van der Waals surface area contributed by atoms with E-state index in [1.165, 1.54) is 0 Å². The van der Waals surface area contributed by atoms with Gasteiger partial charge in [-0.25, -0.2) is 0 Å². The van der Waals surface area contributed by atoms with Crippen LogP contribution in [-0.4, -0.2) is 24.3 Å². The fraction of sp³-hybridized carbons (Fsp3) is 0.533. The second kappa shape index (κ2) is 8.94. The minimum Gasteiger partial charge on any atom is -0.466 e. The molecule has 0 aliphatic carbocycles. The summed E-state index contributed by atoms with van der Waals surface area (Å²) in [5.41, 5.74) is 1.04. The van der Waals surface area contributed by atoms with Gasteiger partial charge in [-0.05, 0) is 43.9 Å². The second-order valence-electron chi connectivity index (χ2n) is 4.50. The highest BCUT2D eigenvalue weighted by atomic mass is 35.5. The van der Waals surface area contributed by atoms with E-state index in [1.54, 1.807) is 0 Å². The molecule has 0 saturated carbocycles. The van der Waals surface area contributed by atoms with Crippen LogP contribution in [0.4, 0.5) is 0 Å². The zero-order chi connectivity index (χ0) is 14.1. The predicted octanol–water partition coefficient (Wildman–Crippen LogP) is 3.22. The SMILES string of the molecule is CCOC(=O)C(CCCCO)Cc1cccc(Cl)c1. The Bertz CT molecular complexity index is 393. The van der Waals surface area contributed by atoms with Crippen molar-refractivity contribution >= 4 is 17.6 Å². The molecule has 106 valence electrons. The average Bonchev–Trinajstić information content (AvgIpc) is 2.38. The standard InChI is InChI=1S/C15H21ClO3/c1-2-19-15(18)13(7-3-4-9-17)10-12-6-5-8-14(16)11-12/h5-6,8,11,13,17H,2-4,7,9-10H2,1H3. The molecular formula is C15H21ClO3. The highest BCUT2D eigenvalue weighted by molar-refractivity contribution is 6.30. The van der Waals surface area contributed by atoms with Crippen LogP contribution < -0.4 is 0 Å². The number of carbonyl (C=O) groups is 1. The largest absolute Gasteiger partial charge is 0.466 e. The van der Waals surface area contributed by atoms with Crippen LogP contribution in [0.2, 0.25) is 5.02 Å². The van der Waals surface area contributed by atoms with Crippen molar-refractivity contribution in [2.75, 3.05) is 13.2 Å².